The summed E-state index contributed by atoms with van der Waals surface area (Å²) in [5.74, 6) is 0.373. The molecule has 0 fully saturated rings. The highest BCUT2D eigenvalue weighted by Gasteiger charge is 2.12. The van der Waals surface area contributed by atoms with E-state index in [4.69, 9.17) is 4.42 Å². The fourth-order valence-corrected chi connectivity index (χ4v) is 1.92. The van der Waals surface area contributed by atoms with Crippen LogP contribution in [0.5, 0.6) is 0 Å². The van der Waals surface area contributed by atoms with E-state index >= 15 is 0 Å². The average molecular weight is 278 g/mol. The lowest BCUT2D eigenvalue weighted by molar-refractivity contribution is 0.441. The summed E-state index contributed by atoms with van der Waals surface area (Å²) < 4.78 is 19.0. The van der Waals surface area contributed by atoms with Crippen LogP contribution in [-0.2, 0) is 6.54 Å². The quantitative estimate of drug-likeness (QED) is 0.880. The third-order valence-corrected chi connectivity index (χ3v) is 3.18. The monoisotopic (exact) mass is 278 g/mol. The van der Waals surface area contributed by atoms with Gasteiger partial charge in [0.2, 0.25) is 5.89 Å². The highest BCUT2D eigenvalue weighted by molar-refractivity contribution is 5.32. The summed E-state index contributed by atoms with van der Waals surface area (Å²) in [6.45, 7) is 5.96. The fourth-order valence-electron chi connectivity index (χ4n) is 1.92. The van der Waals surface area contributed by atoms with Crippen molar-refractivity contribution in [2.45, 2.75) is 33.4 Å². The maximum absolute atomic E-state index is 13.5. The maximum Gasteiger partial charge on any atom is 0.315 e. The van der Waals surface area contributed by atoms with Crippen LogP contribution in [0.3, 0.4) is 0 Å². The summed E-state index contributed by atoms with van der Waals surface area (Å²) in [7, 11) is 1.83. The second kappa shape index (κ2) is 6.00. The maximum atomic E-state index is 13.5. The normalized spacial score (nSPS) is 12.4. The Labute approximate surface area is 117 Å². The molecule has 0 radical (unpaired) electrons. The van der Waals surface area contributed by atoms with Gasteiger partial charge in [0.15, 0.2) is 0 Å². The Balaban J connectivity index is 2.03. The zero-order valence-electron chi connectivity index (χ0n) is 12.1. The topological polar surface area (TPSA) is 63.0 Å². The molecule has 1 unspecified atom stereocenters. The molecule has 1 atom stereocenters. The third kappa shape index (κ3) is 3.14. The first-order valence-electron chi connectivity index (χ1n) is 6.51. The lowest BCUT2D eigenvalue weighted by Crippen LogP contribution is -2.12. The number of nitrogens with zero attached hydrogens (tertiary/aromatic N) is 2. The van der Waals surface area contributed by atoms with Crippen LogP contribution in [0.1, 0.15) is 35.5 Å². The van der Waals surface area contributed by atoms with Gasteiger partial charge in [-0.1, -0.05) is 17.2 Å². The van der Waals surface area contributed by atoms with Crippen molar-refractivity contribution in [1.29, 1.82) is 0 Å². The molecular formula is C14H19FN4O. The minimum absolute atomic E-state index is 0.00774. The molecule has 0 bridgehead atoms. The Morgan fingerprint density at radius 3 is 2.50 bits per heavy atom. The number of aromatic nitrogens is 2. The van der Waals surface area contributed by atoms with Crippen molar-refractivity contribution < 1.29 is 8.81 Å². The highest BCUT2D eigenvalue weighted by atomic mass is 19.1. The van der Waals surface area contributed by atoms with Crippen molar-refractivity contribution in [3.63, 3.8) is 0 Å². The minimum atomic E-state index is -0.156. The molecule has 1 heterocycles. The first kappa shape index (κ1) is 14.5. The van der Waals surface area contributed by atoms with Crippen LogP contribution in [0.4, 0.5) is 10.4 Å². The second-order valence-corrected chi connectivity index (χ2v) is 4.85. The summed E-state index contributed by atoms with van der Waals surface area (Å²) in [5.41, 5.74) is 2.25. The zero-order chi connectivity index (χ0) is 14.7. The lowest BCUT2D eigenvalue weighted by atomic mass is 10.1. The van der Waals surface area contributed by atoms with Crippen molar-refractivity contribution in [3.05, 3.63) is 40.5 Å². The summed E-state index contributed by atoms with van der Waals surface area (Å²) in [6, 6.07) is 3.99. The van der Waals surface area contributed by atoms with Gasteiger partial charge in [0.1, 0.15) is 5.82 Å². The van der Waals surface area contributed by atoms with Crippen molar-refractivity contribution in [2.75, 3.05) is 12.4 Å². The molecule has 1 aromatic heterocycles. The van der Waals surface area contributed by atoms with E-state index in [1.807, 2.05) is 26.1 Å². The van der Waals surface area contributed by atoms with E-state index in [0.717, 1.165) is 5.56 Å². The van der Waals surface area contributed by atoms with Gasteiger partial charge in [-0.3, -0.25) is 0 Å². The number of halogens is 1. The molecule has 0 amide bonds. The van der Waals surface area contributed by atoms with Gasteiger partial charge in [0, 0.05) is 6.54 Å². The molecular weight excluding hydrogens is 259 g/mol. The number of hydrogen-bond acceptors (Lipinski definition) is 5. The van der Waals surface area contributed by atoms with Gasteiger partial charge in [-0.2, -0.15) is 0 Å². The number of aryl methyl sites for hydroxylation is 2. The van der Waals surface area contributed by atoms with E-state index in [9.17, 15) is 4.39 Å². The molecule has 0 saturated carbocycles. The van der Waals surface area contributed by atoms with Crippen LogP contribution in [0, 0.1) is 19.7 Å². The fraction of sp³-hybridized carbons (Fsp3) is 0.429. The molecule has 108 valence electrons. The van der Waals surface area contributed by atoms with Crippen molar-refractivity contribution in [1.82, 2.24) is 15.5 Å². The second-order valence-electron chi connectivity index (χ2n) is 4.85. The molecule has 5 nitrogen and oxygen atoms in total. The Kier molecular flexibility index (Phi) is 4.34. The number of rotatable bonds is 5. The molecule has 2 aromatic rings. The largest absolute Gasteiger partial charge is 0.406 e. The smallest absolute Gasteiger partial charge is 0.315 e. The Hall–Kier alpha value is -1.95. The number of anilines is 1. The van der Waals surface area contributed by atoms with E-state index in [-0.39, 0.29) is 11.9 Å². The molecule has 0 saturated heterocycles. The molecule has 0 aliphatic heterocycles. The van der Waals surface area contributed by atoms with Crippen molar-refractivity contribution in [2.24, 2.45) is 0 Å². The number of nitrogens with one attached hydrogen (secondary N) is 2. The predicted molar refractivity (Wildman–Crippen MR) is 75.0 cm³/mol. The van der Waals surface area contributed by atoms with Crippen LogP contribution in [0.2, 0.25) is 0 Å². The van der Waals surface area contributed by atoms with E-state index in [1.54, 1.807) is 13.8 Å². The van der Waals surface area contributed by atoms with Crippen LogP contribution < -0.4 is 10.6 Å². The molecule has 0 aliphatic rings. The standard InChI is InChI=1S/C14H19FN4O/c1-8-5-11(6-9(2)12(8)15)7-17-14-19-18-13(20-14)10(3)16-4/h5-6,10,16H,7H2,1-4H3,(H,17,19). The van der Waals surface area contributed by atoms with Crippen molar-refractivity contribution in [3.8, 4) is 0 Å². The lowest BCUT2D eigenvalue weighted by Gasteiger charge is -2.07. The highest BCUT2D eigenvalue weighted by Crippen LogP contribution is 2.17. The molecule has 0 aliphatic carbocycles. The van der Waals surface area contributed by atoms with E-state index in [1.165, 1.54) is 0 Å². The summed E-state index contributed by atoms with van der Waals surface area (Å²) in [5, 5.41) is 13.9. The number of hydrogen-bond donors (Lipinski definition) is 2. The summed E-state index contributed by atoms with van der Waals surface area (Å²) in [6.07, 6.45) is 0. The van der Waals surface area contributed by atoms with Gasteiger partial charge < -0.3 is 15.1 Å². The van der Waals surface area contributed by atoms with Crippen LogP contribution >= 0.6 is 0 Å². The molecule has 20 heavy (non-hydrogen) atoms. The van der Waals surface area contributed by atoms with Gasteiger partial charge >= 0.3 is 6.01 Å². The predicted octanol–water partition coefficient (Wildman–Crippen LogP) is 2.72. The average Bonchev–Trinajstić information content (AvgIpc) is 2.90. The van der Waals surface area contributed by atoms with Gasteiger partial charge in [-0.05, 0) is 44.5 Å². The summed E-state index contributed by atoms with van der Waals surface area (Å²) >= 11 is 0. The number of benzene rings is 1. The Morgan fingerprint density at radius 2 is 1.90 bits per heavy atom. The Bertz CT molecular complexity index is 574. The molecule has 2 N–H and O–H groups in total. The molecule has 0 spiro atoms. The van der Waals surface area contributed by atoms with Crippen molar-refractivity contribution >= 4 is 6.01 Å². The van der Waals surface area contributed by atoms with Crippen LogP contribution in [0.25, 0.3) is 0 Å². The van der Waals surface area contributed by atoms with Gasteiger partial charge in [0.25, 0.3) is 0 Å². The van der Waals surface area contributed by atoms with Gasteiger partial charge in [0.05, 0.1) is 6.04 Å². The SMILES string of the molecule is CNC(C)c1nnc(NCc2cc(C)c(F)c(C)c2)o1. The molecule has 2 rings (SSSR count). The zero-order valence-corrected chi connectivity index (χ0v) is 12.1. The Morgan fingerprint density at radius 1 is 1.25 bits per heavy atom. The van der Waals surface area contributed by atoms with E-state index < -0.39 is 0 Å². The van der Waals surface area contributed by atoms with Crippen LogP contribution in [-0.4, -0.2) is 17.2 Å². The first-order chi connectivity index (χ1) is 9.51. The summed E-state index contributed by atoms with van der Waals surface area (Å²) in [4.78, 5) is 0. The molecule has 1 aromatic carbocycles. The van der Waals surface area contributed by atoms with Gasteiger partial charge in [-0.25, -0.2) is 4.39 Å². The van der Waals surface area contributed by atoms with E-state index in [2.05, 4.69) is 20.8 Å². The molecule has 6 heteroatoms. The third-order valence-electron chi connectivity index (χ3n) is 3.18. The van der Waals surface area contributed by atoms with Gasteiger partial charge in [-0.15, -0.1) is 5.10 Å². The minimum Gasteiger partial charge on any atom is -0.406 e. The van der Waals surface area contributed by atoms with E-state index in [0.29, 0.717) is 29.6 Å². The first-order valence-corrected chi connectivity index (χ1v) is 6.51. The van der Waals surface area contributed by atoms with Crippen LogP contribution in [0.15, 0.2) is 16.5 Å².